The molecule has 1 aromatic carbocycles. The highest BCUT2D eigenvalue weighted by Gasteiger charge is 2.24. The van der Waals surface area contributed by atoms with Crippen LogP contribution in [0.5, 0.6) is 0 Å². The van der Waals surface area contributed by atoms with Crippen molar-refractivity contribution in [3.63, 3.8) is 0 Å². The average Bonchev–Trinajstić information content (AvgIpc) is 2.54. The zero-order chi connectivity index (χ0) is 13.9. The largest absolute Gasteiger partial charge is 0.384 e. The van der Waals surface area contributed by atoms with Crippen molar-refractivity contribution in [2.45, 2.75) is 19.8 Å². The van der Waals surface area contributed by atoms with Crippen LogP contribution in [0.15, 0.2) is 18.2 Å². The molecule has 1 amide bonds. The molecule has 2 heterocycles. The maximum Gasteiger partial charge on any atom is 0.256 e. The van der Waals surface area contributed by atoms with Crippen LogP contribution in [0.25, 0.3) is 0 Å². The fourth-order valence-electron chi connectivity index (χ4n) is 3.13. The number of carbonyl (C=O) groups excluding carboxylic acids is 1. The van der Waals surface area contributed by atoms with Gasteiger partial charge in [-0.25, -0.2) is 0 Å². The number of nitrogens with zero attached hydrogens (tertiary/aromatic N) is 2. The molecule has 3 rings (SSSR count). The summed E-state index contributed by atoms with van der Waals surface area (Å²) in [5.74, 6) is 0.187. The third-order valence-corrected chi connectivity index (χ3v) is 4.41. The first-order valence-electron chi connectivity index (χ1n) is 7.67. The molecule has 0 radical (unpaired) electrons. The second-order valence-corrected chi connectivity index (χ2v) is 5.60. The summed E-state index contributed by atoms with van der Waals surface area (Å²) < 4.78 is 0. The van der Waals surface area contributed by atoms with Crippen LogP contribution in [0.2, 0.25) is 0 Å². The quantitative estimate of drug-likeness (QED) is 0.893. The molecule has 0 unspecified atom stereocenters. The summed E-state index contributed by atoms with van der Waals surface area (Å²) in [6, 6.07) is 6.11. The normalized spacial score (nSPS) is 19.4. The molecule has 1 aromatic rings. The van der Waals surface area contributed by atoms with Crippen LogP contribution in [0.1, 0.15) is 29.3 Å². The number of amides is 1. The molecular weight excluding hydrogens is 250 g/mol. The van der Waals surface area contributed by atoms with Gasteiger partial charge in [0.05, 0.1) is 11.3 Å². The molecule has 4 heteroatoms. The van der Waals surface area contributed by atoms with Crippen molar-refractivity contribution < 1.29 is 4.79 Å². The number of para-hydroxylation sites is 1. The SMILES string of the molecule is CCN1CCN(C(=O)c2cccc3c2NCCC3)CC1. The van der Waals surface area contributed by atoms with Crippen LogP contribution in [-0.4, -0.2) is 55.0 Å². The zero-order valence-electron chi connectivity index (χ0n) is 12.2. The van der Waals surface area contributed by atoms with E-state index in [0.29, 0.717) is 0 Å². The third-order valence-electron chi connectivity index (χ3n) is 4.41. The minimum absolute atomic E-state index is 0.187. The second kappa shape index (κ2) is 5.83. The minimum Gasteiger partial charge on any atom is -0.384 e. The van der Waals surface area contributed by atoms with Gasteiger partial charge in [-0.05, 0) is 31.0 Å². The Bertz CT molecular complexity index is 492. The summed E-state index contributed by atoms with van der Waals surface area (Å²) >= 11 is 0. The Morgan fingerprint density at radius 3 is 2.80 bits per heavy atom. The first-order valence-corrected chi connectivity index (χ1v) is 7.67. The van der Waals surface area contributed by atoms with E-state index >= 15 is 0 Å². The molecule has 20 heavy (non-hydrogen) atoms. The number of fused-ring (bicyclic) bond motifs is 1. The lowest BCUT2D eigenvalue weighted by Crippen LogP contribution is -2.48. The van der Waals surface area contributed by atoms with Gasteiger partial charge in [-0.3, -0.25) is 4.79 Å². The Kier molecular flexibility index (Phi) is 3.92. The van der Waals surface area contributed by atoms with Crippen LogP contribution in [0.4, 0.5) is 5.69 Å². The number of benzene rings is 1. The molecule has 0 saturated carbocycles. The van der Waals surface area contributed by atoms with Crippen molar-refractivity contribution in [3.05, 3.63) is 29.3 Å². The lowest BCUT2D eigenvalue weighted by Gasteiger charge is -2.34. The molecule has 4 nitrogen and oxygen atoms in total. The van der Waals surface area contributed by atoms with Crippen LogP contribution in [0.3, 0.4) is 0 Å². The van der Waals surface area contributed by atoms with Gasteiger partial charge in [0.2, 0.25) is 0 Å². The van der Waals surface area contributed by atoms with Gasteiger partial charge in [0, 0.05) is 32.7 Å². The Morgan fingerprint density at radius 2 is 2.05 bits per heavy atom. The summed E-state index contributed by atoms with van der Waals surface area (Å²) in [5, 5.41) is 3.41. The molecule has 1 N–H and O–H groups in total. The number of anilines is 1. The van der Waals surface area contributed by atoms with Gasteiger partial charge in [0.15, 0.2) is 0 Å². The van der Waals surface area contributed by atoms with Crippen molar-refractivity contribution >= 4 is 11.6 Å². The summed E-state index contributed by atoms with van der Waals surface area (Å²) in [6.45, 7) is 7.89. The number of rotatable bonds is 2. The van der Waals surface area contributed by atoms with E-state index in [1.54, 1.807) is 0 Å². The molecule has 1 fully saturated rings. The first kappa shape index (κ1) is 13.4. The lowest BCUT2D eigenvalue weighted by molar-refractivity contribution is 0.0644. The maximum atomic E-state index is 12.7. The number of hydrogen-bond acceptors (Lipinski definition) is 3. The van der Waals surface area contributed by atoms with E-state index in [4.69, 9.17) is 0 Å². The van der Waals surface area contributed by atoms with Gasteiger partial charge in [-0.15, -0.1) is 0 Å². The highest BCUT2D eigenvalue weighted by Crippen LogP contribution is 2.27. The van der Waals surface area contributed by atoms with Crippen molar-refractivity contribution in [2.24, 2.45) is 0 Å². The van der Waals surface area contributed by atoms with Gasteiger partial charge in [-0.2, -0.15) is 0 Å². The molecule has 0 aliphatic carbocycles. The van der Waals surface area contributed by atoms with Gasteiger partial charge in [0.1, 0.15) is 0 Å². The van der Waals surface area contributed by atoms with Crippen molar-refractivity contribution in [3.8, 4) is 0 Å². The Morgan fingerprint density at radius 1 is 1.25 bits per heavy atom. The predicted molar refractivity (Wildman–Crippen MR) is 81.3 cm³/mol. The zero-order valence-corrected chi connectivity index (χ0v) is 12.2. The van der Waals surface area contributed by atoms with Gasteiger partial charge >= 0.3 is 0 Å². The van der Waals surface area contributed by atoms with E-state index in [-0.39, 0.29) is 5.91 Å². The molecular formula is C16H23N3O. The smallest absolute Gasteiger partial charge is 0.256 e. The van der Waals surface area contributed by atoms with Gasteiger partial charge in [-0.1, -0.05) is 19.1 Å². The molecule has 1 saturated heterocycles. The second-order valence-electron chi connectivity index (χ2n) is 5.60. The number of piperazine rings is 1. The Balaban J connectivity index is 1.78. The topological polar surface area (TPSA) is 35.6 Å². The van der Waals surface area contributed by atoms with E-state index in [1.807, 2.05) is 17.0 Å². The van der Waals surface area contributed by atoms with E-state index in [0.717, 1.165) is 63.4 Å². The van der Waals surface area contributed by atoms with Gasteiger partial charge in [0.25, 0.3) is 5.91 Å². The summed E-state index contributed by atoms with van der Waals surface area (Å²) in [7, 11) is 0. The van der Waals surface area contributed by atoms with Crippen molar-refractivity contribution in [1.29, 1.82) is 0 Å². The molecule has 0 atom stereocenters. The van der Waals surface area contributed by atoms with Gasteiger partial charge < -0.3 is 15.1 Å². The fraction of sp³-hybridized carbons (Fsp3) is 0.562. The van der Waals surface area contributed by atoms with Crippen LogP contribution < -0.4 is 5.32 Å². The number of carbonyl (C=O) groups is 1. The standard InChI is InChI=1S/C16H23N3O/c1-2-18-9-11-19(12-10-18)16(20)14-7-3-5-13-6-4-8-17-15(13)14/h3,5,7,17H,2,4,6,8-12H2,1H3. The van der Waals surface area contributed by atoms with E-state index in [1.165, 1.54) is 5.56 Å². The number of nitrogens with one attached hydrogen (secondary N) is 1. The highest BCUT2D eigenvalue weighted by atomic mass is 16.2. The molecule has 0 spiro atoms. The molecule has 108 valence electrons. The molecule has 0 bridgehead atoms. The number of hydrogen-bond donors (Lipinski definition) is 1. The molecule has 0 aromatic heterocycles. The van der Waals surface area contributed by atoms with E-state index in [2.05, 4.69) is 23.2 Å². The summed E-state index contributed by atoms with van der Waals surface area (Å²) in [5.41, 5.74) is 3.21. The number of aryl methyl sites for hydroxylation is 1. The lowest BCUT2D eigenvalue weighted by atomic mass is 9.98. The maximum absolute atomic E-state index is 12.7. The highest BCUT2D eigenvalue weighted by molar-refractivity contribution is 6.00. The first-order chi connectivity index (χ1) is 9.79. The summed E-state index contributed by atoms with van der Waals surface area (Å²) in [6.07, 6.45) is 2.23. The minimum atomic E-state index is 0.187. The molecule has 2 aliphatic heterocycles. The fourth-order valence-corrected chi connectivity index (χ4v) is 3.13. The van der Waals surface area contributed by atoms with Crippen molar-refractivity contribution in [2.75, 3.05) is 44.6 Å². The third kappa shape index (κ3) is 2.52. The monoisotopic (exact) mass is 273 g/mol. The van der Waals surface area contributed by atoms with Crippen LogP contribution in [0, 0.1) is 0 Å². The average molecular weight is 273 g/mol. The predicted octanol–water partition coefficient (Wildman–Crippen LogP) is 1.82. The van der Waals surface area contributed by atoms with Crippen LogP contribution in [-0.2, 0) is 6.42 Å². The Labute approximate surface area is 120 Å². The van der Waals surface area contributed by atoms with Crippen molar-refractivity contribution in [1.82, 2.24) is 9.80 Å². The Hall–Kier alpha value is -1.55. The van der Waals surface area contributed by atoms with E-state index < -0.39 is 0 Å². The number of likely N-dealkylation sites (N-methyl/N-ethyl adjacent to an activating group) is 1. The molecule has 2 aliphatic rings. The summed E-state index contributed by atoms with van der Waals surface area (Å²) in [4.78, 5) is 17.1. The van der Waals surface area contributed by atoms with Crippen LogP contribution >= 0.6 is 0 Å². The van der Waals surface area contributed by atoms with E-state index in [9.17, 15) is 4.79 Å².